The topological polar surface area (TPSA) is 12.0 Å². The molecule has 0 bridgehead atoms. The number of hydrogen-bond acceptors (Lipinski definition) is 1. The molecular formula is C5H12ClN2+. The van der Waals surface area contributed by atoms with Crippen LogP contribution in [-0.2, 0) is 0 Å². The Balaban J connectivity index is 2.54. The van der Waals surface area contributed by atoms with E-state index >= 15 is 0 Å². The van der Waals surface area contributed by atoms with Gasteiger partial charge in [-0.15, -0.1) is 0 Å². The average Bonchev–Trinajstić information content (AvgIpc) is 1.86. The Labute approximate surface area is 55.0 Å². The normalized spacial score (nSPS) is 35.6. The van der Waals surface area contributed by atoms with Crippen LogP contribution in [0.5, 0.6) is 0 Å². The molecule has 0 aromatic rings. The molecule has 2 nitrogen and oxygen atoms in total. The second-order valence-corrected chi connectivity index (χ2v) is 3.21. The highest BCUT2D eigenvalue weighted by atomic mass is 35.5. The summed E-state index contributed by atoms with van der Waals surface area (Å²) in [5, 5.41) is 3.15. The summed E-state index contributed by atoms with van der Waals surface area (Å²) in [4.78, 5) is 0. The van der Waals surface area contributed by atoms with E-state index in [2.05, 4.69) is 19.4 Å². The molecule has 0 aromatic carbocycles. The summed E-state index contributed by atoms with van der Waals surface area (Å²) in [7, 11) is 4.25. The summed E-state index contributed by atoms with van der Waals surface area (Å²) < 4.78 is 0.890. The van der Waals surface area contributed by atoms with Crippen LogP contribution in [0, 0.1) is 0 Å². The quantitative estimate of drug-likeness (QED) is 0.284. The first kappa shape index (κ1) is 6.33. The van der Waals surface area contributed by atoms with Crippen molar-refractivity contribution in [3.63, 3.8) is 0 Å². The van der Waals surface area contributed by atoms with E-state index in [9.17, 15) is 0 Å². The van der Waals surface area contributed by atoms with Crippen molar-refractivity contribution in [2.75, 3.05) is 27.2 Å². The fourth-order valence-corrected chi connectivity index (χ4v) is 1.04. The molecular weight excluding hydrogens is 124 g/mol. The molecule has 1 aliphatic heterocycles. The van der Waals surface area contributed by atoms with Crippen molar-refractivity contribution in [3.8, 4) is 0 Å². The largest absolute Gasteiger partial charge is 0.299 e. The highest BCUT2D eigenvalue weighted by Gasteiger charge is 2.30. The van der Waals surface area contributed by atoms with Gasteiger partial charge < -0.3 is 0 Å². The van der Waals surface area contributed by atoms with Crippen LogP contribution in [0.4, 0.5) is 0 Å². The molecule has 1 heterocycles. The molecule has 1 saturated heterocycles. The summed E-state index contributed by atoms with van der Waals surface area (Å²) >= 11 is 5.86. The van der Waals surface area contributed by atoms with Crippen molar-refractivity contribution in [1.29, 1.82) is 0 Å². The molecule has 0 aromatic heterocycles. The molecule has 1 N–H and O–H groups in total. The van der Waals surface area contributed by atoms with Gasteiger partial charge in [-0.2, -0.15) is 0 Å². The number of halogens is 1. The second kappa shape index (κ2) is 1.87. The Hall–Kier alpha value is 0.210. The molecule has 1 rings (SSSR count). The van der Waals surface area contributed by atoms with Gasteiger partial charge in [0.05, 0.1) is 27.2 Å². The number of likely N-dealkylation sites (N-methyl/N-ethyl adjacent to an activating group) is 1. The van der Waals surface area contributed by atoms with Gasteiger partial charge in [0.15, 0.2) is 0 Å². The minimum atomic E-state index is 0.120. The molecule has 0 amide bonds. The number of hydrogen-bond donors (Lipinski definition) is 1. The van der Waals surface area contributed by atoms with Crippen molar-refractivity contribution in [2.45, 2.75) is 5.62 Å². The number of quaternary nitrogens is 1. The zero-order valence-electron chi connectivity index (χ0n) is 5.32. The van der Waals surface area contributed by atoms with Gasteiger partial charge in [0.2, 0.25) is 5.62 Å². The first-order chi connectivity index (χ1) is 3.63. The Morgan fingerprint density at radius 1 is 1.62 bits per heavy atom. The van der Waals surface area contributed by atoms with Gasteiger partial charge >= 0.3 is 0 Å². The number of alkyl halides is 1. The third kappa shape index (κ3) is 0.966. The summed E-state index contributed by atoms with van der Waals surface area (Å²) in [6.45, 7) is 2.18. The fourth-order valence-electron chi connectivity index (χ4n) is 0.832. The second-order valence-electron chi connectivity index (χ2n) is 2.79. The zero-order chi connectivity index (χ0) is 6.20. The van der Waals surface area contributed by atoms with E-state index in [1.165, 1.54) is 0 Å². The predicted octanol–water partition coefficient (Wildman–Crippen LogP) is 0.188. The minimum absolute atomic E-state index is 0.120. The fraction of sp³-hybridized carbons (Fsp3) is 1.00. The van der Waals surface area contributed by atoms with E-state index < -0.39 is 0 Å². The Bertz CT molecular complexity index is 92.4. The molecule has 0 spiro atoms. The van der Waals surface area contributed by atoms with Gasteiger partial charge in [0.1, 0.15) is 0 Å². The van der Waals surface area contributed by atoms with Gasteiger partial charge in [-0.05, 0) is 11.6 Å². The average molecular weight is 136 g/mol. The Kier molecular flexibility index (Phi) is 1.48. The smallest absolute Gasteiger partial charge is 0.220 e. The maximum absolute atomic E-state index is 5.86. The van der Waals surface area contributed by atoms with Crippen LogP contribution in [0.1, 0.15) is 0 Å². The number of rotatable bonds is 0. The molecule has 8 heavy (non-hydrogen) atoms. The standard InChI is InChI=1S/C5H12ClN2/c1-8(2)4-3-7-5(8)6/h5,7H,3-4H2,1-2H3/q+1. The molecule has 3 heteroatoms. The number of nitrogens with one attached hydrogen (secondary N) is 1. The predicted molar refractivity (Wildman–Crippen MR) is 34.6 cm³/mol. The third-order valence-corrected chi connectivity index (χ3v) is 2.30. The molecule has 48 valence electrons. The Morgan fingerprint density at radius 2 is 2.25 bits per heavy atom. The molecule has 1 atom stereocenters. The van der Waals surface area contributed by atoms with Crippen LogP contribution < -0.4 is 5.32 Å². The highest BCUT2D eigenvalue weighted by Crippen LogP contribution is 2.11. The summed E-state index contributed by atoms with van der Waals surface area (Å²) in [6, 6.07) is 0. The van der Waals surface area contributed by atoms with Gasteiger partial charge in [-0.1, -0.05) is 0 Å². The lowest BCUT2D eigenvalue weighted by Gasteiger charge is -2.25. The Morgan fingerprint density at radius 3 is 2.38 bits per heavy atom. The summed E-state index contributed by atoms with van der Waals surface area (Å²) in [6.07, 6.45) is 0. The van der Waals surface area contributed by atoms with E-state index in [4.69, 9.17) is 11.6 Å². The lowest BCUT2D eigenvalue weighted by atomic mass is 10.6. The van der Waals surface area contributed by atoms with Crippen LogP contribution in [-0.4, -0.2) is 37.3 Å². The van der Waals surface area contributed by atoms with E-state index in [-0.39, 0.29) is 5.62 Å². The first-order valence-electron chi connectivity index (χ1n) is 2.83. The van der Waals surface area contributed by atoms with Gasteiger partial charge in [0, 0.05) is 0 Å². The minimum Gasteiger partial charge on any atom is -0.299 e. The molecule has 1 unspecified atom stereocenters. The molecule has 0 aliphatic carbocycles. The van der Waals surface area contributed by atoms with Crippen LogP contribution >= 0.6 is 11.6 Å². The molecule has 1 aliphatic rings. The van der Waals surface area contributed by atoms with Crippen LogP contribution in [0.15, 0.2) is 0 Å². The van der Waals surface area contributed by atoms with Crippen LogP contribution in [0.3, 0.4) is 0 Å². The van der Waals surface area contributed by atoms with Crippen LogP contribution in [0.2, 0.25) is 0 Å². The van der Waals surface area contributed by atoms with E-state index in [1.54, 1.807) is 0 Å². The first-order valence-corrected chi connectivity index (χ1v) is 3.27. The molecule has 0 saturated carbocycles. The van der Waals surface area contributed by atoms with Crippen molar-refractivity contribution in [2.24, 2.45) is 0 Å². The highest BCUT2D eigenvalue weighted by molar-refractivity contribution is 6.19. The van der Waals surface area contributed by atoms with Gasteiger partial charge in [-0.3, -0.25) is 4.48 Å². The monoisotopic (exact) mass is 135 g/mol. The number of nitrogens with zero attached hydrogens (tertiary/aromatic N) is 1. The molecule has 1 fully saturated rings. The van der Waals surface area contributed by atoms with Crippen molar-refractivity contribution in [3.05, 3.63) is 0 Å². The van der Waals surface area contributed by atoms with E-state index in [0.29, 0.717) is 0 Å². The lowest BCUT2D eigenvalue weighted by molar-refractivity contribution is -0.890. The van der Waals surface area contributed by atoms with E-state index in [1.807, 2.05) is 0 Å². The third-order valence-electron chi connectivity index (χ3n) is 1.61. The lowest BCUT2D eigenvalue weighted by Crippen LogP contribution is -2.43. The summed E-state index contributed by atoms with van der Waals surface area (Å²) in [5.41, 5.74) is 0.120. The van der Waals surface area contributed by atoms with Gasteiger partial charge in [0.25, 0.3) is 0 Å². The van der Waals surface area contributed by atoms with Crippen molar-refractivity contribution in [1.82, 2.24) is 5.32 Å². The maximum atomic E-state index is 5.86. The zero-order valence-corrected chi connectivity index (χ0v) is 6.07. The van der Waals surface area contributed by atoms with Crippen molar-refractivity contribution < 1.29 is 4.48 Å². The van der Waals surface area contributed by atoms with Gasteiger partial charge in [-0.25, -0.2) is 5.32 Å². The summed E-state index contributed by atoms with van der Waals surface area (Å²) in [5.74, 6) is 0. The van der Waals surface area contributed by atoms with E-state index in [0.717, 1.165) is 17.6 Å². The molecule has 0 radical (unpaired) electrons. The maximum Gasteiger partial charge on any atom is 0.220 e. The van der Waals surface area contributed by atoms with Crippen LogP contribution in [0.25, 0.3) is 0 Å². The van der Waals surface area contributed by atoms with Crippen molar-refractivity contribution >= 4 is 11.6 Å². The SMILES string of the molecule is C[N+]1(C)CCNC1Cl.